The van der Waals surface area contributed by atoms with Crippen LogP contribution in [0.25, 0.3) is 0 Å². The molecule has 188 valence electrons. The highest BCUT2D eigenvalue weighted by Crippen LogP contribution is 2.47. The summed E-state index contributed by atoms with van der Waals surface area (Å²) in [6, 6.07) is 7.19. The second kappa shape index (κ2) is 8.92. The van der Waals surface area contributed by atoms with E-state index in [9.17, 15) is 14.9 Å². The van der Waals surface area contributed by atoms with Crippen molar-refractivity contribution in [2.24, 2.45) is 11.8 Å². The zero-order valence-corrected chi connectivity index (χ0v) is 21.2. The van der Waals surface area contributed by atoms with E-state index in [-0.39, 0.29) is 41.4 Å². The van der Waals surface area contributed by atoms with Crippen LogP contribution in [-0.2, 0) is 4.79 Å². The van der Waals surface area contributed by atoms with E-state index in [0.717, 1.165) is 31.4 Å². The van der Waals surface area contributed by atoms with Crippen LogP contribution >= 0.6 is 11.6 Å². The number of nitrogens with one attached hydrogen (secondary N) is 1. The fraction of sp³-hybridized carbons (Fsp3) is 0.423. The molecule has 3 heterocycles. The Balaban J connectivity index is 1.08. The summed E-state index contributed by atoms with van der Waals surface area (Å²) in [4.78, 5) is 36.2. The number of hydrogen-bond donors (Lipinski definition) is 1. The number of anilines is 1. The van der Waals surface area contributed by atoms with E-state index >= 15 is 0 Å². The number of piperidine rings is 1. The number of fused-ring (bicyclic) bond motifs is 1. The van der Waals surface area contributed by atoms with Crippen LogP contribution in [0.4, 0.5) is 5.82 Å². The standard InChI is InChI=1S/C26H25ClN8O2/c1-13-24(34-11-17-7-21(17)26(34)37)29-10-22(30-13)14(2)35-12-23(32-33-35)25(36)31-19-5-16(6-19)20-8-18(27)4-3-15(20)9-28/h3-4,8,10,12,14,16-17,19,21H,5-7,11H2,1-2H3,(H,31,36)/t14-,16-,17-,19+,21-/m1/s1. The predicted molar refractivity (Wildman–Crippen MR) is 134 cm³/mol. The van der Waals surface area contributed by atoms with E-state index in [0.29, 0.717) is 33.7 Å². The van der Waals surface area contributed by atoms with Crippen LogP contribution in [0.2, 0.25) is 5.02 Å². The van der Waals surface area contributed by atoms with E-state index in [1.807, 2.05) is 19.9 Å². The van der Waals surface area contributed by atoms with Crippen molar-refractivity contribution in [1.29, 1.82) is 5.26 Å². The lowest BCUT2D eigenvalue weighted by Gasteiger charge is -2.36. The largest absolute Gasteiger partial charge is 0.348 e. The van der Waals surface area contributed by atoms with Crippen molar-refractivity contribution in [3.63, 3.8) is 0 Å². The van der Waals surface area contributed by atoms with Gasteiger partial charge in [0.25, 0.3) is 5.91 Å². The molecule has 2 amide bonds. The molecule has 0 unspecified atom stereocenters. The number of carbonyl (C=O) groups is 2. The van der Waals surface area contributed by atoms with Crippen LogP contribution in [0, 0.1) is 30.1 Å². The molecule has 37 heavy (non-hydrogen) atoms. The van der Waals surface area contributed by atoms with Crippen molar-refractivity contribution < 1.29 is 9.59 Å². The molecule has 3 atom stereocenters. The highest BCUT2D eigenvalue weighted by Gasteiger charge is 2.53. The van der Waals surface area contributed by atoms with Gasteiger partial charge in [0.2, 0.25) is 5.91 Å². The average Bonchev–Trinajstić information content (AvgIpc) is 3.32. The van der Waals surface area contributed by atoms with Crippen molar-refractivity contribution in [1.82, 2.24) is 30.3 Å². The van der Waals surface area contributed by atoms with Gasteiger partial charge in [-0.2, -0.15) is 5.26 Å². The molecule has 2 aliphatic carbocycles. The van der Waals surface area contributed by atoms with E-state index < -0.39 is 0 Å². The van der Waals surface area contributed by atoms with Crippen molar-refractivity contribution in [3.05, 3.63) is 63.8 Å². The molecular weight excluding hydrogens is 492 g/mol. The maximum absolute atomic E-state index is 12.8. The predicted octanol–water partition coefficient (Wildman–Crippen LogP) is 3.17. The smallest absolute Gasteiger partial charge is 0.273 e. The third-order valence-electron chi connectivity index (χ3n) is 7.73. The molecule has 1 N–H and O–H groups in total. The lowest BCUT2D eigenvalue weighted by atomic mass is 9.74. The third-order valence-corrected chi connectivity index (χ3v) is 7.97. The number of benzene rings is 1. The summed E-state index contributed by atoms with van der Waals surface area (Å²) >= 11 is 6.11. The van der Waals surface area contributed by atoms with Crippen LogP contribution in [0.15, 0.2) is 30.6 Å². The Morgan fingerprint density at radius 1 is 1.30 bits per heavy atom. The average molecular weight is 517 g/mol. The second-order valence-corrected chi connectivity index (χ2v) is 10.6. The first-order chi connectivity index (χ1) is 17.8. The molecule has 1 aliphatic heterocycles. The number of halogens is 1. The Morgan fingerprint density at radius 2 is 2.11 bits per heavy atom. The summed E-state index contributed by atoms with van der Waals surface area (Å²) in [6.45, 7) is 4.48. The maximum Gasteiger partial charge on any atom is 0.273 e. The summed E-state index contributed by atoms with van der Waals surface area (Å²) in [5.74, 6) is 1.27. The van der Waals surface area contributed by atoms with E-state index in [1.54, 1.807) is 34.1 Å². The Morgan fingerprint density at radius 3 is 2.81 bits per heavy atom. The first-order valence-corrected chi connectivity index (χ1v) is 12.8. The van der Waals surface area contributed by atoms with E-state index in [2.05, 4.69) is 31.7 Å². The monoisotopic (exact) mass is 516 g/mol. The number of carbonyl (C=O) groups excluding carboxylic acids is 2. The van der Waals surface area contributed by atoms with Crippen LogP contribution in [-0.4, -0.2) is 49.4 Å². The fourth-order valence-corrected chi connectivity index (χ4v) is 5.54. The molecule has 2 aromatic heterocycles. The number of amides is 2. The van der Waals surface area contributed by atoms with Crippen molar-refractivity contribution in [2.45, 2.75) is 51.1 Å². The summed E-state index contributed by atoms with van der Waals surface area (Å²) in [6.07, 6.45) is 5.71. The van der Waals surface area contributed by atoms with Crippen molar-refractivity contribution >= 4 is 29.2 Å². The fourth-order valence-electron chi connectivity index (χ4n) is 5.35. The van der Waals surface area contributed by atoms with Crippen molar-refractivity contribution in [3.8, 4) is 6.07 Å². The van der Waals surface area contributed by atoms with Gasteiger partial charge in [-0.1, -0.05) is 16.8 Å². The van der Waals surface area contributed by atoms with Gasteiger partial charge >= 0.3 is 0 Å². The second-order valence-electron chi connectivity index (χ2n) is 10.2. The number of nitriles is 1. The molecule has 3 aromatic rings. The molecule has 0 radical (unpaired) electrons. The topological polar surface area (TPSA) is 130 Å². The highest BCUT2D eigenvalue weighted by molar-refractivity contribution is 6.30. The van der Waals surface area contributed by atoms with E-state index in [1.165, 1.54) is 0 Å². The Bertz CT molecular complexity index is 1460. The van der Waals surface area contributed by atoms with Crippen LogP contribution in [0.3, 0.4) is 0 Å². The summed E-state index contributed by atoms with van der Waals surface area (Å²) < 4.78 is 1.59. The van der Waals surface area contributed by atoms with Gasteiger partial charge in [0.05, 0.1) is 41.5 Å². The molecule has 0 spiro atoms. The number of aromatic nitrogens is 5. The molecule has 6 rings (SSSR count). The number of nitrogens with zero attached hydrogens (tertiary/aromatic N) is 7. The molecule has 1 saturated heterocycles. The number of rotatable bonds is 6. The zero-order chi connectivity index (χ0) is 25.8. The Hall–Kier alpha value is -3.84. The molecule has 3 fully saturated rings. The molecule has 10 nitrogen and oxygen atoms in total. The highest BCUT2D eigenvalue weighted by atomic mass is 35.5. The van der Waals surface area contributed by atoms with Gasteiger partial charge in [-0.25, -0.2) is 9.67 Å². The molecule has 0 bridgehead atoms. The van der Waals surface area contributed by atoms with Gasteiger partial charge < -0.3 is 5.32 Å². The molecule has 2 saturated carbocycles. The van der Waals surface area contributed by atoms with Crippen LogP contribution in [0.1, 0.15) is 71.1 Å². The summed E-state index contributed by atoms with van der Waals surface area (Å²) in [7, 11) is 0. The SMILES string of the molecule is Cc1nc([C@@H](C)n2cc(C(=O)N[C@H]3C[C@@H](c4cc(Cl)ccc4C#N)C3)nn2)cnc1N1C[C@H]2C[C@H]2C1=O. The minimum Gasteiger partial charge on any atom is -0.348 e. The number of hydrogen-bond acceptors (Lipinski definition) is 7. The Kier molecular flexibility index (Phi) is 5.68. The Labute approximate surface area is 218 Å². The maximum atomic E-state index is 12.8. The van der Waals surface area contributed by atoms with Gasteiger partial charge in [-0.3, -0.25) is 19.5 Å². The van der Waals surface area contributed by atoms with E-state index in [4.69, 9.17) is 11.6 Å². The molecule has 3 aliphatic rings. The van der Waals surface area contributed by atoms with Gasteiger partial charge in [-0.05, 0) is 68.7 Å². The molecule has 11 heteroatoms. The quantitative estimate of drug-likeness (QED) is 0.532. The van der Waals surface area contributed by atoms with Crippen molar-refractivity contribution in [2.75, 3.05) is 11.4 Å². The first-order valence-electron chi connectivity index (χ1n) is 12.4. The third kappa shape index (κ3) is 4.23. The van der Waals surface area contributed by atoms with Gasteiger partial charge in [0.15, 0.2) is 11.5 Å². The van der Waals surface area contributed by atoms with Crippen LogP contribution in [0.5, 0.6) is 0 Å². The normalized spacial score (nSPS) is 24.7. The molecule has 1 aromatic carbocycles. The lowest BCUT2D eigenvalue weighted by molar-refractivity contribution is -0.118. The summed E-state index contributed by atoms with van der Waals surface area (Å²) in [5.41, 5.74) is 3.13. The molecular formula is C26H25ClN8O2. The first kappa shape index (κ1) is 23.6. The van der Waals surface area contributed by atoms with Gasteiger partial charge in [0, 0.05) is 23.5 Å². The van der Waals surface area contributed by atoms with Gasteiger partial charge in [0.1, 0.15) is 0 Å². The zero-order valence-electron chi connectivity index (χ0n) is 20.4. The van der Waals surface area contributed by atoms with Crippen LogP contribution < -0.4 is 10.2 Å². The number of aryl methyl sites for hydroxylation is 1. The van der Waals surface area contributed by atoms with Gasteiger partial charge in [-0.15, -0.1) is 5.10 Å². The summed E-state index contributed by atoms with van der Waals surface area (Å²) in [5, 5.41) is 21.2. The minimum absolute atomic E-state index is 0.00834. The lowest BCUT2D eigenvalue weighted by Crippen LogP contribution is -2.43. The minimum atomic E-state index is -0.294.